The van der Waals surface area contributed by atoms with Gasteiger partial charge in [0.15, 0.2) is 0 Å². The molecule has 0 bridgehead atoms. The van der Waals surface area contributed by atoms with E-state index in [-0.39, 0.29) is 49.6 Å². The molecule has 6 heteroatoms. The molecule has 1 fully saturated rings. The van der Waals surface area contributed by atoms with E-state index in [0.29, 0.717) is 6.61 Å². The molecule has 23 heavy (non-hydrogen) atoms. The van der Waals surface area contributed by atoms with Crippen molar-refractivity contribution >= 4 is 17.7 Å². The summed E-state index contributed by atoms with van der Waals surface area (Å²) >= 11 is 0. The van der Waals surface area contributed by atoms with Crippen molar-refractivity contribution in [2.75, 3.05) is 13.2 Å². The van der Waals surface area contributed by atoms with Crippen LogP contribution in [0.2, 0.25) is 0 Å². The lowest BCUT2D eigenvalue weighted by molar-refractivity contribution is -0.138. The molecule has 1 saturated heterocycles. The fourth-order valence-corrected chi connectivity index (χ4v) is 2.50. The summed E-state index contributed by atoms with van der Waals surface area (Å²) in [4.78, 5) is 36.1. The van der Waals surface area contributed by atoms with Gasteiger partial charge in [-0.25, -0.2) is 0 Å². The van der Waals surface area contributed by atoms with Crippen LogP contribution in [0.3, 0.4) is 0 Å². The number of ether oxygens (including phenoxy) is 1. The lowest BCUT2D eigenvalue weighted by atomic mass is 10.1. The Bertz CT molecular complexity index is 567. The maximum Gasteiger partial charge on any atom is 0.229 e. The van der Waals surface area contributed by atoms with Crippen molar-refractivity contribution in [3.63, 3.8) is 0 Å². The summed E-state index contributed by atoms with van der Waals surface area (Å²) in [5, 5.41) is 2.87. The van der Waals surface area contributed by atoms with E-state index in [0.717, 1.165) is 11.3 Å². The molecule has 1 heterocycles. The number of nitrogens with one attached hydrogen (secondary N) is 1. The fourth-order valence-electron chi connectivity index (χ4n) is 2.50. The van der Waals surface area contributed by atoms with Crippen LogP contribution in [0.15, 0.2) is 24.3 Å². The SMILES string of the molecule is CCOc1ccc(C(C)NC(=O)CCN2C(=O)CCC2=O)cc1. The van der Waals surface area contributed by atoms with Gasteiger partial charge < -0.3 is 10.1 Å². The highest BCUT2D eigenvalue weighted by molar-refractivity contribution is 6.02. The first kappa shape index (κ1) is 17.0. The maximum absolute atomic E-state index is 12.0. The highest BCUT2D eigenvalue weighted by atomic mass is 16.5. The Morgan fingerprint density at radius 2 is 1.83 bits per heavy atom. The molecular weight excluding hydrogens is 296 g/mol. The first-order chi connectivity index (χ1) is 11.0. The van der Waals surface area contributed by atoms with Gasteiger partial charge in [0, 0.05) is 25.8 Å². The van der Waals surface area contributed by atoms with Gasteiger partial charge in [-0.3, -0.25) is 19.3 Å². The Morgan fingerprint density at radius 3 is 2.39 bits per heavy atom. The summed E-state index contributed by atoms with van der Waals surface area (Å²) in [5.41, 5.74) is 0.968. The molecule has 1 N–H and O–H groups in total. The van der Waals surface area contributed by atoms with E-state index in [1.54, 1.807) is 0 Å². The fraction of sp³-hybridized carbons (Fsp3) is 0.471. The van der Waals surface area contributed by atoms with Crippen LogP contribution in [0.25, 0.3) is 0 Å². The molecule has 0 aliphatic carbocycles. The standard InChI is InChI=1S/C17H22N2O4/c1-3-23-14-6-4-13(5-7-14)12(2)18-15(20)10-11-19-16(21)8-9-17(19)22/h4-7,12H,3,8-11H2,1-2H3,(H,18,20). The smallest absolute Gasteiger partial charge is 0.229 e. The molecule has 1 aromatic carbocycles. The minimum absolute atomic E-state index is 0.124. The van der Waals surface area contributed by atoms with Crippen molar-refractivity contribution in [3.05, 3.63) is 29.8 Å². The minimum Gasteiger partial charge on any atom is -0.494 e. The number of nitrogens with zero attached hydrogens (tertiary/aromatic N) is 1. The Labute approximate surface area is 135 Å². The molecule has 6 nitrogen and oxygen atoms in total. The highest BCUT2D eigenvalue weighted by Crippen LogP contribution is 2.18. The molecule has 1 unspecified atom stereocenters. The van der Waals surface area contributed by atoms with Crippen molar-refractivity contribution in [1.29, 1.82) is 0 Å². The van der Waals surface area contributed by atoms with E-state index in [9.17, 15) is 14.4 Å². The topological polar surface area (TPSA) is 75.7 Å². The Kier molecular flexibility index (Phi) is 5.73. The molecular formula is C17H22N2O4. The van der Waals surface area contributed by atoms with Gasteiger partial charge in [-0.1, -0.05) is 12.1 Å². The Balaban J connectivity index is 1.82. The number of rotatable bonds is 7. The van der Waals surface area contributed by atoms with Gasteiger partial charge in [0.2, 0.25) is 17.7 Å². The summed E-state index contributed by atoms with van der Waals surface area (Å²) in [6, 6.07) is 7.39. The quantitative estimate of drug-likeness (QED) is 0.778. The van der Waals surface area contributed by atoms with Crippen molar-refractivity contribution in [2.45, 2.75) is 39.2 Å². The van der Waals surface area contributed by atoms with Crippen LogP contribution in [-0.2, 0) is 14.4 Å². The third kappa shape index (κ3) is 4.55. The van der Waals surface area contributed by atoms with E-state index >= 15 is 0 Å². The van der Waals surface area contributed by atoms with E-state index in [1.807, 2.05) is 38.1 Å². The summed E-state index contributed by atoms with van der Waals surface area (Å²) in [6.07, 6.45) is 0.630. The van der Waals surface area contributed by atoms with Crippen LogP contribution >= 0.6 is 0 Å². The van der Waals surface area contributed by atoms with Crippen LogP contribution in [-0.4, -0.2) is 35.8 Å². The average Bonchev–Trinajstić information content (AvgIpc) is 2.85. The molecule has 2 rings (SSSR count). The number of carbonyl (C=O) groups is 3. The van der Waals surface area contributed by atoms with Crippen LogP contribution in [0.1, 0.15) is 44.7 Å². The lowest BCUT2D eigenvalue weighted by Gasteiger charge is -2.17. The zero-order valence-corrected chi connectivity index (χ0v) is 13.5. The van der Waals surface area contributed by atoms with Crippen molar-refractivity contribution in [2.24, 2.45) is 0 Å². The molecule has 1 aliphatic heterocycles. The van der Waals surface area contributed by atoms with Crippen LogP contribution < -0.4 is 10.1 Å². The van der Waals surface area contributed by atoms with E-state index in [4.69, 9.17) is 4.74 Å². The Morgan fingerprint density at radius 1 is 1.22 bits per heavy atom. The van der Waals surface area contributed by atoms with Gasteiger partial charge in [-0.15, -0.1) is 0 Å². The van der Waals surface area contributed by atoms with Crippen molar-refractivity contribution in [3.8, 4) is 5.75 Å². The average molecular weight is 318 g/mol. The minimum atomic E-state index is -0.192. The molecule has 0 aromatic heterocycles. The van der Waals surface area contributed by atoms with Gasteiger partial charge in [0.1, 0.15) is 5.75 Å². The number of carbonyl (C=O) groups excluding carboxylic acids is 3. The summed E-state index contributed by atoms with van der Waals surface area (Å²) < 4.78 is 5.38. The molecule has 1 atom stereocenters. The number of hydrogen-bond acceptors (Lipinski definition) is 4. The van der Waals surface area contributed by atoms with Crippen LogP contribution in [0, 0.1) is 0 Å². The summed E-state index contributed by atoms with van der Waals surface area (Å²) in [5.74, 6) is 0.226. The second-order valence-corrected chi connectivity index (χ2v) is 5.48. The normalized spacial score (nSPS) is 15.7. The van der Waals surface area contributed by atoms with E-state index in [1.165, 1.54) is 4.90 Å². The van der Waals surface area contributed by atoms with E-state index < -0.39 is 0 Å². The van der Waals surface area contributed by atoms with Crippen LogP contribution in [0.4, 0.5) is 0 Å². The van der Waals surface area contributed by atoms with Gasteiger partial charge >= 0.3 is 0 Å². The Hall–Kier alpha value is -2.37. The molecule has 0 saturated carbocycles. The van der Waals surface area contributed by atoms with Crippen molar-refractivity contribution < 1.29 is 19.1 Å². The third-order valence-electron chi connectivity index (χ3n) is 3.79. The molecule has 1 aromatic rings. The lowest BCUT2D eigenvalue weighted by Crippen LogP contribution is -2.34. The second kappa shape index (κ2) is 7.76. The number of hydrogen-bond donors (Lipinski definition) is 1. The molecule has 0 spiro atoms. The molecule has 0 radical (unpaired) electrons. The summed E-state index contributed by atoms with van der Waals surface area (Å²) in [7, 11) is 0. The van der Waals surface area contributed by atoms with Crippen molar-refractivity contribution in [1.82, 2.24) is 10.2 Å². The maximum atomic E-state index is 12.0. The number of benzene rings is 1. The molecule has 1 aliphatic rings. The predicted molar refractivity (Wildman–Crippen MR) is 84.7 cm³/mol. The largest absolute Gasteiger partial charge is 0.494 e. The predicted octanol–water partition coefficient (Wildman–Crippen LogP) is 1.80. The first-order valence-corrected chi connectivity index (χ1v) is 7.86. The van der Waals surface area contributed by atoms with Gasteiger partial charge in [-0.2, -0.15) is 0 Å². The monoisotopic (exact) mass is 318 g/mol. The third-order valence-corrected chi connectivity index (χ3v) is 3.79. The zero-order chi connectivity index (χ0) is 16.8. The second-order valence-electron chi connectivity index (χ2n) is 5.48. The molecule has 3 amide bonds. The zero-order valence-electron chi connectivity index (χ0n) is 13.5. The van der Waals surface area contributed by atoms with E-state index in [2.05, 4.69) is 5.32 Å². The van der Waals surface area contributed by atoms with Gasteiger partial charge in [-0.05, 0) is 31.5 Å². The number of likely N-dealkylation sites (tertiary alicyclic amines) is 1. The number of imide groups is 1. The highest BCUT2D eigenvalue weighted by Gasteiger charge is 2.28. The van der Waals surface area contributed by atoms with Gasteiger partial charge in [0.05, 0.1) is 12.6 Å². The summed E-state index contributed by atoms with van der Waals surface area (Å²) in [6.45, 7) is 4.57. The van der Waals surface area contributed by atoms with Crippen LogP contribution in [0.5, 0.6) is 5.75 Å². The van der Waals surface area contributed by atoms with Gasteiger partial charge in [0.25, 0.3) is 0 Å². The first-order valence-electron chi connectivity index (χ1n) is 7.86. The molecule has 124 valence electrons. The number of amides is 3.